The molecule has 0 fully saturated rings. The maximum Gasteiger partial charge on any atom is 0.245 e. The SMILES string of the molecule is Cc1cc(F)c(C(C)C(F)F)cc1O. The Morgan fingerprint density at radius 2 is 1.86 bits per heavy atom. The Morgan fingerprint density at radius 3 is 2.36 bits per heavy atom. The average molecular weight is 204 g/mol. The van der Waals surface area contributed by atoms with Crippen molar-refractivity contribution < 1.29 is 18.3 Å². The van der Waals surface area contributed by atoms with Crippen molar-refractivity contribution in [3.05, 3.63) is 29.1 Å². The van der Waals surface area contributed by atoms with Gasteiger partial charge in [-0.15, -0.1) is 0 Å². The van der Waals surface area contributed by atoms with Gasteiger partial charge in [0.05, 0.1) is 0 Å². The highest BCUT2D eigenvalue weighted by molar-refractivity contribution is 5.38. The molecule has 78 valence electrons. The lowest BCUT2D eigenvalue weighted by Crippen LogP contribution is -2.07. The average Bonchev–Trinajstić information content (AvgIpc) is 2.10. The van der Waals surface area contributed by atoms with Gasteiger partial charge in [-0.05, 0) is 30.2 Å². The third kappa shape index (κ3) is 2.00. The molecule has 1 N–H and O–H groups in total. The molecule has 0 spiro atoms. The van der Waals surface area contributed by atoms with E-state index in [2.05, 4.69) is 0 Å². The molecule has 0 aliphatic heterocycles. The van der Waals surface area contributed by atoms with Crippen LogP contribution in [0.2, 0.25) is 0 Å². The Bertz CT molecular complexity index is 336. The smallest absolute Gasteiger partial charge is 0.245 e. The second kappa shape index (κ2) is 3.90. The van der Waals surface area contributed by atoms with Gasteiger partial charge in [0, 0.05) is 5.92 Å². The minimum atomic E-state index is -2.63. The van der Waals surface area contributed by atoms with Crippen LogP contribution in [0, 0.1) is 12.7 Å². The minimum absolute atomic E-state index is 0.150. The van der Waals surface area contributed by atoms with Crippen molar-refractivity contribution in [2.24, 2.45) is 0 Å². The molecular weight excluding hydrogens is 193 g/mol. The molecule has 0 aromatic heterocycles. The second-order valence-corrected chi connectivity index (χ2v) is 3.28. The van der Waals surface area contributed by atoms with E-state index in [0.717, 1.165) is 12.1 Å². The molecule has 4 heteroatoms. The highest BCUT2D eigenvalue weighted by Crippen LogP contribution is 2.29. The molecule has 0 saturated heterocycles. The number of aromatic hydroxyl groups is 1. The van der Waals surface area contributed by atoms with Crippen LogP contribution in [-0.2, 0) is 0 Å². The summed E-state index contributed by atoms with van der Waals surface area (Å²) in [5, 5.41) is 9.24. The van der Waals surface area contributed by atoms with Crippen molar-refractivity contribution in [3.8, 4) is 5.75 Å². The molecule has 0 heterocycles. The van der Waals surface area contributed by atoms with Gasteiger partial charge in [-0.1, -0.05) is 6.92 Å². The van der Waals surface area contributed by atoms with E-state index in [1.807, 2.05) is 0 Å². The van der Waals surface area contributed by atoms with Crippen molar-refractivity contribution in [3.63, 3.8) is 0 Å². The molecule has 1 atom stereocenters. The number of hydrogen-bond donors (Lipinski definition) is 1. The highest BCUT2D eigenvalue weighted by Gasteiger charge is 2.21. The van der Waals surface area contributed by atoms with Gasteiger partial charge in [-0.2, -0.15) is 0 Å². The number of hydrogen-bond acceptors (Lipinski definition) is 1. The summed E-state index contributed by atoms with van der Waals surface area (Å²) in [4.78, 5) is 0. The van der Waals surface area contributed by atoms with E-state index in [-0.39, 0.29) is 11.3 Å². The lowest BCUT2D eigenvalue weighted by atomic mass is 9.99. The largest absolute Gasteiger partial charge is 0.508 e. The maximum absolute atomic E-state index is 13.2. The Morgan fingerprint density at radius 1 is 1.29 bits per heavy atom. The summed E-state index contributed by atoms with van der Waals surface area (Å²) in [5.41, 5.74) is 0.191. The summed E-state index contributed by atoms with van der Waals surface area (Å²) in [6.45, 7) is 2.73. The number of phenolic OH excluding ortho intramolecular Hbond substituents is 1. The van der Waals surface area contributed by atoms with Gasteiger partial charge < -0.3 is 5.11 Å². The zero-order valence-electron chi connectivity index (χ0n) is 7.89. The number of alkyl halides is 2. The van der Waals surface area contributed by atoms with Gasteiger partial charge in [0.25, 0.3) is 0 Å². The Kier molecular flexibility index (Phi) is 3.03. The Hall–Kier alpha value is -1.19. The molecule has 0 bridgehead atoms. The lowest BCUT2D eigenvalue weighted by Gasteiger charge is -2.12. The first-order valence-corrected chi connectivity index (χ1v) is 4.20. The third-order valence-electron chi connectivity index (χ3n) is 2.18. The second-order valence-electron chi connectivity index (χ2n) is 3.28. The third-order valence-corrected chi connectivity index (χ3v) is 2.18. The molecule has 1 rings (SSSR count). The minimum Gasteiger partial charge on any atom is -0.508 e. The molecule has 1 unspecified atom stereocenters. The van der Waals surface area contributed by atoms with E-state index in [1.54, 1.807) is 0 Å². The van der Waals surface area contributed by atoms with Gasteiger partial charge in [-0.3, -0.25) is 0 Å². The first-order chi connectivity index (χ1) is 6.43. The van der Waals surface area contributed by atoms with Gasteiger partial charge in [0.1, 0.15) is 11.6 Å². The van der Waals surface area contributed by atoms with E-state index in [4.69, 9.17) is 0 Å². The van der Waals surface area contributed by atoms with Crippen LogP contribution in [0.1, 0.15) is 24.0 Å². The van der Waals surface area contributed by atoms with Crippen LogP contribution in [0.5, 0.6) is 5.75 Å². The number of phenols is 1. The van der Waals surface area contributed by atoms with Crippen molar-refractivity contribution in [1.82, 2.24) is 0 Å². The lowest BCUT2D eigenvalue weighted by molar-refractivity contribution is 0.119. The zero-order valence-corrected chi connectivity index (χ0v) is 7.89. The molecule has 14 heavy (non-hydrogen) atoms. The van der Waals surface area contributed by atoms with E-state index in [9.17, 15) is 18.3 Å². The predicted molar refractivity (Wildman–Crippen MR) is 47.2 cm³/mol. The first kappa shape index (κ1) is 10.9. The molecule has 0 aliphatic carbocycles. The maximum atomic E-state index is 13.2. The first-order valence-electron chi connectivity index (χ1n) is 4.20. The Balaban J connectivity index is 3.15. The van der Waals surface area contributed by atoms with Crippen molar-refractivity contribution in [1.29, 1.82) is 0 Å². The predicted octanol–water partition coefficient (Wildman–Crippen LogP) is 3.21. The van der Waals surface area contributed by atoms with E-state index in [0.29, 0.717) is 5.56 Å². The summed E-state index contributed by atoms with van der Waals surface area (Å²) in [5.74, 6) is -2.07. The summed E-state index contributed by atoms with van der Waals surface area (Å²) in [7, 11) is 0. The quantitative estimate of drug-likeness (QED) is 0.784. The van der Waals surface area contributed by atoms with Crippen molar-refractivity contribution >= 4 is 0 Å². The summed E-state index contributed by atoms with van der Waals surface area (Å²) in [6.07, 6.45) is -2.63. The standard InChI is InChI=1S/C10H11F3O/c1-5-3-8(11)7(4-9(5)14)6(2)10(12)13/h3-4,6,10,14H,1-2H3. The fourth-order valence-electron chi connectivity index (χ4n) is 1.16. The van der Waals surface area contributed by atoms with E-state index in [1.165, 1.54) is 13.8 Å². The van der Waals surface area contributed by atoms with Crippen LogP contribution < -0.4 is 0 Å². The zero-order chi connectivity index (χ0) is 10.9. The van der Waals surface area contributed by atoms with E-state index >= 15 is 0 Å². The van der Waals surface area contributed by atoms with Gasteiger partial charge in [0.15, 0.2) is 0 Å². The molecule has 0 amide bonds. The molecule has 1 aromatic carbocycles. The van der Waals surface area contributed by atoms with Gasteiger partial charge in [-0.25, -0.2) is 13.2 Å². The Labute approximate surface area is 80.2 Å². The number of halogens is 3. The molecular formula is C10H11F3O. The van der Waals surface area contributed by atoms with Crippen molar-refractivity contribution in [2.75, 3.05) is 0 Å². The van der Waals surface area contributed by atoms with Crippen LogP contribution in [0.25, 0.3) is 0 Å². The number of rotatable bonds is 2. The number of aryl methyl sites for hydroxylation is 1. The fourth-order valence-corrected chi connectivity index (χ4v) is 1.16. The summed E-state index contributed by atoms with van der Waals surface area (Å²) < 4.78 is 37.8. The normalized spacial score (nSPS) is 13.3. The van der Waals surface area contributed by atoms with Crippen LogP contribution in [0.4, 0.5) is 13.2 Å². The molecule has 0 radical (unpaired) electrons. The number of benzene rings is 1. The fraction of sp³-hybridized carbons (Fsp3) is 0.400. The summed E-state index contributed by atoms with van der Waals surface area (Å²) in [6, 6.07) is 2.12. The van der Waals surface area contributed by atoms with E-state index < -0.39 is 18.2 Å². The topological polar surface area (TPSA) is 20.2 Å². The highest BCUT2D eigenvalue weighted by atomic mass is 19.3. The van der Waals surface area contributed by atoms with Crippen molar-refractivity contribution in [2.45, 2.75) is 26.2 Å². The van der Waals surface area contributed by atoms with Crippen LogP contribution in [0.3, 0.4) is 0 Å². The monoisotopic (exact) mass is 204 g/mol. The summed E-state index contributed by atoms with van der Waals surface area (Å²) >= 11 is 0. The molecule has 0 aliphatic rings. The van der Waals surface area contributed by atoms with Gasteiger partial charge >= 0.3 is 0 Å². The molecule has 1 aromatic rings. The molecule has 0 saturated carbocycles. The molecule has 1 nitrogen and oxygen atoms in total. The van der Waals surface area contributed by atoms with Gasteiger partial charge in [0.2, 0.25) is 6.43 Å². The van der Waals surface area contributed by atoms with Crippen LogP contribution in [-0.4, -0.2) is 11.5 Å². The van der Waals surface area contributed by atoms with Crippen LogP contribution >= 0.6 is 0 Å². The van der Waals surface area contributed by atoms with Crippen LogP contribution in [0.15, 0.2) is 12.1 Å².